The molecule has 0 aromatic carbocycles. The van der Waals surface area contributed by atoms with Crippen LogP contribution in [-0.2, 0) is 9.53 Å². The van der Waals surface area contributed by atoms with Crippen LogP contribution in [0.2, 0.25) is 0 Å². The number of aliphatic hydroxyl groups excluding tert-OH is 2. The van der Waals surface area contributed by atoms with Crippen molar-refractivity contribution in [3.63, 3.8) is 0 Å². The number of unbranched alkanes of at least 4 members (excludes halogenated alkanes) is 2. The van der Waals surface area contributed by atoms with Crippen molar-refractivity contribution in [2.75, 3.05) is 0 Å². The topological polar surface area (TPSA) is 87.0 Å². The van der Waals surface area contributed by atoms with E-state index >= 15 is 0 Å². The Morgan fingerprint density at radius 1 is 1.37 bits per heavy atom. The monoisotopic (exact) mass is 274 g/mol. The van der Waals surface area contributed by atoms with E-state index in [9.17, 15) is 15.0 Å². The van der Waals surface area contributed by atoms with Crippen LogP contribution in [-0.4, -0.2) is 45.7 Å². The van der Waals surface area contributed by atoms with Crippen molar-refractivity contribution in [1.29, 1.82) is 0 Å². The first kappa shape index (κ1) is 16.4. The van der Waals surface area contributed by atoms with E-state index < -0.39 is 18.2 Å². The molecular weight excluding hydrogens is 248 g/mol. The van der Waals surface area contributed by atoms with Crippen molar-refractivity contribution in [2.45, 2.75) is 82.7 Å². The van der Waals surface area contributed by atoms with Crippen LogP contribution in [0.1, 0.15) is 58.3 Å². The van der Waals surface area contributed by atoms with Crippen LogP contribution in [0.3, 0.4) is 0 Å². The molecule has 1 saturated heterocycles. The van der Waals surface area contributed by atoms with Crippen molar-refractivity contribution in [3.8, 4) is 0 Å². The van der Waals surface area contributed by atoms with Crippen LogP contribution in [0.5, 0.6) is 0 Å². The molecule has 0 amide bonds. The van der Waals surface area contributed by atoms with Gasteiger partial charge in [-0.15, -0.1) is 0 Å². The largest absolute Gasteiger partial charge is 0.481 e. The molecule has 1 heterocycles. The fraction of sp³-hybridized carbons (Fsp3) is 0.929. The Balaban J connectivity index is 2.26. The number of carboxylic acid groups (broad SMARTS) is 1. The third-order valence-electron chi connectivity index (χ3n) is 3.66. The Hall–Kier alpha value is -0.650. The minimum Gasteiger partial charge on any atom is -0.481 e. The quantitative estimate of drug-likeness (QED) is 0.557. The number of hydrogen-bond donors (Lipinski definition) is 3. The molecular formula is C14H26O5. The van der Waals surface area contributed by atoms with Crippen LogP contribution < -0.4 is 0 Å². The number of hydrogen-bond acceptors (Lipinski definition) is 4. The Morgan fingerprint density at radius 2 is 2.11 bits per heavy atom. The molecule has 0 saturated carbocycles. The van der Waals surface area contributed by atoms with Gasteiger partial charge < -0.3 is 20.1 Å². The summed E-state index contributed by atoms with van der Waals surface area (Å²) >= 11 is 0. The van der Waals surface area contributed by atoms with Crippen molar-refractivity contribution in [2.24, 2.45) is 0 Å². The van der Waals surface area contributed by atoms with Gasteiger partial charge in [-0.2, -0.15) is 0 Å². The summed E-state index contributed by atoms with van der Waals surface area (Å²) in [6.45, 7) is 2.11. The van der Waals surface area contributed by atoms with Gasteiger partial charge in [-0.25, -0.2) is 0 Å². The molecule has 112 valence electrons. The summed E-state index contributed by atoms with van der Waals surface area (Å²) in [6, 6.07) is 0. The molecule has 19 heavy (non-hydrogen) atoms. The highest BCUT2D eigenvalue weighted by Crippen LogP contribution is 2.28. The third-order valence-corrected chi connectivity index (χ3v) is 3.66. The molecule has 0 spiro atoms. The fourth-order valence-electron chi connectivity index (χ4n) is 2.51. The summed E-state index contributed by atoms with van der Waals surface area (Å²) in [6.07, 6.45) is 3.71. The number of ether oxygens (including phenoxy) is 1. The van der Waals surface area contributed by atoms with Gasteiger partial charge in [0.25, 0.3) is 0 Å². The van der Waals surface area contributed by atoms with E-state index in [0.717, 1.165) is 19.3 Å². The summed E-state index contributed by atoms with van der Waals surface area (Å²) in [4.78, 5) is 10.4. The molecule has 3 N–H and O–H groups in total. The molecule has 0 radical (unpaired) electrons. The molecule has 5 nitrogen and oxygen atoms in total. The summed E-state index contributed by atoms with van der Waals surface area (Å²) in [5, 5.41) is 28.4. The van der Waals surface area contributed by atoms with Crippen LogP contribution in [0.25, 0.3) is 0 Å². The summed E-state index contributed by atoms with van der Waals surface area (Å²) in [5.74, 6) is -0.830. The van der Waals surface area contributed by atoms with Crippen molar-refractivity contribution < 1.29 is 24.9 Å². The second kappa shape index (κ2) is 8.51. The highest BCUT2D eigenvalue weighted by molar-refractivity contribution is 5.66. The zero-order chi connectivity index (χ0) is 14.3. The summed E-state index contributed by atoms with van der Waals surface area (Å²) in [7, 11) is 0. The number of aliphatic hydroxyl groups is 2. The molecule has 1 fully saturated rings. The van der Waals surface area contributed by atoms with Crippen molar-refractivity contribution in [3.05, 3.63) is 0 Å². The first-order valence-electron chi connectivity index (χ1n) is 7.28. The van der Waals surface area contributed by atoms with Gasteiger partial charge in [-0.05, 0) is 19.3 Å². The van der Waals surface area contributed by atoms with Gasteiger partial charge in [-0.3, -0.25) is 4.79 Å². The van der Waals surface area contributed by atoms with E-state index in [-0.39, 0.29) is 18.6 Å². The van der Waals surface area contributed by atoms with Crippen LogP contribution in [0, 0.1) is 0 Å². The molecule has 4 atom stereocenters. The van der Waals surface area contributed by atoms with E-state index in [4.69, 9.17) is 9.84 Å². The van der Waals surface area contributed by atoms with Gasteiger partial charge in [0.2, 0.25) is 0 Å². The Labute approximate surface area is 114 Å². The van der Waals surface area contributed by atoms with E-state index in [1.165, 1.54) is 0 Å². The minimum absolute atomic E-state index is 0.0936. The second-order valence-electron chi connectivity index (χ2n) is 5.37. The maximum Gasteiger partial charge on any atom is 0.303 e. The molecule has 1 aliphatic rings. The van der Waals surface area contributed by atoms with Gasteiger partial charge in [0.05, 0.1) is 24.4 Å². The molecule has 5 heteroatoms. The van der Waals surface area contributed by atoms with Crippen LogP contribution in [0.15, 0.2) is 0 Å². The molecule has 1 rings (SSSR count). The SMILES string of the molecule is CCCCC[C@@H](O)[C@H]1CC(O)[C@H](CCCC(=O)O)O1. The van der Waals surface area contributed by atoms with Gasteiger partial charge in [0, 0.05) is 12.8 Å². The number of aliphatic carboxylic acids is 1. The molecule has 0 aromatic rings. The zero-order valence-corrected chi connectivity index (χ0v) is 11.6. The minimum atomic E-state index is -0.830. The molecule has 0 bridgehead atoms. The average molecular weight is 274 g/mol. The standard InChI is InChI=1S/C14H26O5/c1-2-3-4-6-10(15)13-9-11(16)12(19-13)7-5-8-14(17)18/h10-13,15-16H,2-9H2,1H3,(H,17,18)/t10-,11?,12+,13-/m1/s1. The van der Waals surface area contributed by atoms with Crippen molar-refractivity contribution in [1.82, 2.24) is 0 Å². The van der Waals surface area contributed by atoms with Gasteiger partial charge in [0.1, 0.15) is 0 Å². The first-order valence-corrected chi connectivity index (χ1v) is 7.28. The highest BCUT2D eigenvalue weighted by atomic mass is 16.5. The van der Waals surface area contributed by atoms with Crippen LogP contribution in [0.4, 0.5) is 0 Å². The van der Waals surface area contributed by atoms with E-state index in [1.807, 2.05) is 0 Å². The molecule has 1 unspecified atom stereocenters. The Bertz CT molecular complexity index is 269. The summed E-state index contributed by atoms with van der Waals surface area (Å²) < 4.78 is 5.66. The Morgan fingerprint density at radius 3 is 2.74 bits per heavy atom. The maximum absolute atomic E-state index is 10.4. The molecule has 0 aromatic heterocycles. The lowest BCUT2D eigenvalue weighted by atomic mass is 10.0. The predicted molar refractivity (Wildman–Crippen MR) is 70.9 cm³/mol. The lowest BCUT2D eigenvalue weighted by molar-refractivity contribution is -0.137. The van der Waals surface area contributed by atoms with E-state index in [2.05, 4.69) is 6.92 Å². The van der Waals surface area contributed by atoms with Crippen molar-refractivity contribution >= 4 is 5.97 Å². The lowest BCUT2D eigenvalue weighted by Crippen LogP contribution is -2.26. The normalized spacial score (nSPS) is 28.5. The smallest absolute Gasteiger partial charge is 0.303 e. The third kappa shape index (κ3) is 5.89. The predicted octanol–water partition coefficient (Wildman–Crippen LogP) is 1.70. The Kier molecular flexibility index (Phi) is 7.34. The molecule has 0 aliphatic carbocycles. The van der Waals surface area contributed by atoms with E-state index in [1.54, 1.807) is 0 Å². The number of carbonyl (C=O) groups is 1. The van der Waals surface area contributed by atoms with E-state index in [0.29, 0.717) is 25.7 Å². The van der Waals surface area contributed by atoms with Gasteiger partial charge in [0.15, 0.2) is 0 Å². The van der Waals surface area contributed by atoms with Gasteiger partial charge >= 0.3 is 5.97 Å². The highest BCUT2D eigenvalue weighted by Gasteiger charge is 2.36. The summed E-state index contributed by atoms with van der Waals surface area (Å²) in [5.41, 5.74) is 0. The second-order valence-corrected chi connectivity index (χ2v) is 5.37. The van der Waals surface area contributed by atoms with Gasteiger partial charge in [-0.1, -0.05) is 26.2 Å². The lowest BCUT2D eigenvalue weighted by Gasteiger charge is -2.18. The first-order chi connectivity index (χ1) is 9.04. The molecule has 1 aliphatic heterocycles. The zero-order valence-electron chi connectivity index (χ0n) is 11.6. The fourth-order valence-corrected chi connectivity index (χ4v) is 2.51. The maximum atomic E-state index is 10.4. The number of rotatable bonds is 9. The average Bonchev–Trinajstić information content (AvgIpc) is 2.71. The van der Waals surface area contributed by atoms with Crippen LogP contribution >= 0.6 is 0 Å². The number of carboxylic acids is 1.